The Kier molecular flexibility index (Phi) is 3.33. The molecule has 0 aliphatic carbocycles. The standard InChI is InChI=1S/C8H13F3O/c1-4-7(2,3)5-6(12)8(9,10)11/h4,6,12H,1,5H2,2-3H3/t6-/m1/s1. The van der Waals surface area contributed by atoms with E-state index in [0.29, 0.717) is 0 Å². The molecule has 0 bridgehead atoms. The van der Waals surface area contributed by atoms with Crippen molar-refractivity contribution >= 4 is 0 Å². The van der Waals surface area contributed by atoms with Crippen molar-refractivity contribution in [1.82, 2.24) is 0 Å². The van der Waals surface area contributed by atoms with E-state index < -0.39 is 17.7 Å². The normalized spacial score (nSPS) is 15.8. The summed E-state index contributed by atoms with van der Waals surface area (Å²) in [6, 6.07) is 0. The Hall–Kier alpha value is -0.510. The van der Waals surface area contributed by atoms with Crippen LogP contribution in [0.15, 0.2) is 12.7 Å². The quantitative estimate of drug-likeness (QED) is 0.665. The number of alkyl halides is 3. The third-order valence-corrected chi connectivity index (χ3v) is 1.65. The highest BCUT2D eigenvalue weighted by Crippen LogP contribution is 2.31. The van der Waals surface area contributed by atoms with E-state index in [1.165, 1.54) is 6.08 Å². The predicted octanol–water partition coefficient (Wildman–Crippen LogP) is 2.51. The molecule has 0 aromatic carbocycles. The van der Waals surface area contributed by atoms with Gasteiger partial charge in [0, 0.05) is 0 Å². The second kappa shape index (κ2) is 3.47. The third-order valence-electron chi connectivity index (χ3n) is 1.65. The van der Waals surface area contributed by atoms with Gasteiger partial charge in [-0.05, 0) is 11.8 Å². The van der Waals surface area contributed by atoms with E-state index in [0.717, 1.165) is 0 Å². The van der Waals surface area contributed by atoms with Crippen LogP contribution in [0, 0.1) is 5.41 Å². The van der Waals surface area contributed by atoms with Gasteiger partial charge in [-0.15, -0.1) is 6.58 Å². The number of hydrogen-bond acceptors (Lipinski definition) is 1. The van der Waals surface area contributed by atoms with E-state index in [4.69, 9.17) is 5.11 Å². The summed E-state index contributed by atoms with van der Waals surface area (Å²) in [6.07, 6.45) is -5.73. The average molecular weight is 182 g/mol. The molecule has 0 fully saturated rings. The van der Waals surface area contributed by atoms with Gasteiger partial charge in [-0.2, -0.15) is 13.2 Å². The molecule has 0 aliphatic rings. The monoisotopic (exact) mass is 182 g/mol. The van der Waals surface area contributed by atoms with E-state index in [-0.39, 0.29) is 6.42 Å². The fourth-order valence-corrected chi connectivity index (χ4v) is 0.697. The molecule has 0 saturated heterocycles. The van der Waals surface area contributed by atoms with Crippen molar-refractivity contribution in [1.29, 1.82) is 0 Å². The van der Waals surface area contributed by atoms with Crippen LogP contribution in [-0.2, 0) is 0 Å². The molecule has 0 unspecified atom stereocenters. The molecule has 0 heterocycles. The first-order valence-corrected chi connectivity index (χ1v) is 3.57. The van der Waals surface area contributed by atoms with Gasteiger partial charge in [0.05, 0.1) is 0 Å². The van der Waals surface area contributed by atoms with Crippen LogP contribution in [0.25, 0.3) is 0 Å². The van der Waals surface area contributed by atoms with E-state index in [2.05, 4.69) is 6.58 Å². The SMILES string of the molecule is C=CC(C)(C)C[C@@H](O)C(F)(F)F. The molecule has 1 nitrogen and oxygen atoms in total. The van der Waals surface area contributed by atoms with Crippen molar-refractivity contribution in [2.45, 2.75) is 32.5 Å². The van der Waals surface area contributed by atoms with Crippen LogP contribution < -0.4 is 0 Å². The maximum absolute atomic E-state index is 11.8. The second-order valence-corrected chi connectivity index (χ2v) is 3.45. The van der Waals surface area contributed by atoms with E-state index in [1.807, 2.05) is 0 Å². The van der Waals surface area contributed by atoms with Gasteiger partial charge < -0.3 is 5.11 Å². The highest BCUT2D eigenvalue weighted by Gasteiger charge is 2.40. The highest BCUT2D eigenvalue weighted by atomic mass is 19.4. The number of rotatable bonds is 3. The number of allylic oxidation sites excluding steroid dienone is 1. The Labute approximate surface area is 69.9 Å². The molecular weight excluding hydrogens is 169 g/mol. The van der Waals surface area contributed by atoms with Crippen molar-refractivity contribution in [3.05, 3.63) is 12.7 Å². The lowest BCUT2D eigenvalue weighted by Gasteiger charge is -2.24. The molecule has 72 valence electrons. The Bertz CT molecular complexity index is 160. The zero-order valence-electron chi connectivity index (χ0n) is 7.15. The molecule has 0 amide bonds. The lowest BCUT2D eigenvalue weighted by molar-refractivity contribution is -0.210. The summed E-state index contributed by atoms with van der Waals surface area (Å²) >= 11 is 0. The summed E-state index contributed by atoms with van der Waals surface area (Å²) in [4.78, 5) is 0. The van der Waals surface area contributed by atoms with Crippen molar-refractivity contribution in [2.75, 3.05) is 0 Å². The number of aliphatic hydroxyl groups is 1. The van der Waals surface area contributed by atoms with E-state index in [9.17, 15) is 13.2 Å². The molecule has 0 radical (unpaired) electrons. The number of hydrogen-bond donors (Lipinski definition) is 1. The Morgan fingerprint density at radius 3 is 2.08 bits per heavy atom. The minimum Gasteiger partial charge on any atom is -0.384 e. The summed E-state index contributed by atoms with van der Waals surface area (Å²) in [7, 11) is 0. The van der Waals surface area contributed by atoms with Crippen molar-refractivity contribution in [3.63, 3.8) is 0 Å². The van der Waals surface area contributed by atoms with Gasteiger partial charge >= 0.3 is 6.18 Å². The summed E-state index contributed by atoms with van der Waals surface area (Å²) in [5, 5.41) is 8.68. The van der Waals surface area contributed by atoms with Crippen molar-refractivity contribution in [2.24, 2.45) is 5.41 Å². The van der Waals surface area contributed by atoms with Gasteiger partial charge in [-0.1, -0.05) is 19.9 Å². The smallest absolute Gasteiger partial charge is 0.384 e. The van der Waals surface area contributed by atoms with Gasteiger partial charge in [0.2, 0.25) is 0 Å². The Balaban J connectivity index is 4.18. The van der Waals surface area contributed by atoms with E-state index in [1.54, 1.807) is 13.8 Å². The largest absolute Gasteiger partial charge is 0.414 e. The maximum Gasteiger partial charge on any atom is 0.414 e. The molecule has 1 atom stereocenters. The fourth-order valence-electron chi connectivity index (χ4n) is 0.697. The lowest BCUT2D eigenvalue weighted by Crippen LogP contribution is -2.32. The first-order valence-electron chi connectivity index (χ1n) is 3.57. The predicted molar refractivity (Wildman–Crippen MR) is 40.7 cm³/mol. The lowest BCUT2D eigenvalue weighted by atomic mass is 9.87. The molecule has 0 aliphatic heterocycles. The molecule has 4 heteroatoms. The summed E-state index contributed by atoms with van der Waals surface area (Å²) in [5.74, 6) is 0. The van der Waals surface area contributed by atoms with Crippen molar-refractivity contribution in [3.8, 4) is 0 Å². The summed E-state index contributed by atoms with van der Waals surface area (Å²) < 4.78 is 35.5. The zero-order chi connectivity index (χ0) is 9.99. The topological polar surface area (TPSA) is 20.2 Å². The molecule has 1 N–H and O–H groups in total. The Morgan fingerprint density at radius 1 is 1.42 bits per heavy atom. The van der Waals surface area contributed by atoms with Gasteiger partial charge in [-0.25, -0.2) is 0 Å². The molecule has 0 aromatic rings. The van der Waals surface area contributed by atoms with Crippen LogP contribution in [0.3, 0.4) is 0 Å². The molecule has 0 saturated carbocycles. The van der Waals surface area contributed by atoms with E-state index >= 15 is 0 Å². The van der Waals surface area contributed by atoms with Gasteiger partial charge in [0.25, 0.3) is 0 Å². The average Bonchev–Trinajstić information content (AvgIpc) is 1.85. The van der Waals surface area contributed by atoms with Crippen LogP contribution >= 0.6 is 0 Å². The summed E-state index contributed by atoms with van der Waals surface area (Å²) in [5.41, 5.74) is -0.686. The Morgan fingerprint density at radius 2 is 1.83 bits per heavy atom. The maximum atomic E-state index is 11.8. The first-order chi connectivity index (χ1) is 5.19. The van der Waals surface area contributed by atoms with Gasteiger partial charge in [0.1, 0.15) is 0 Å². The van der Waals surface area contributed by atoms with Crippen LogP contribution in [0.2, 0.25) is 0 Å². The van der Waals surface area contributed by atoms with Gasteiger partial charge in [0.15, 0.2) is 6.10 Å². The highest BCUT2D eigenvalue weighted by molar-refractivity contribution is 4.90. The number of aliphatic hydroxyl groups excluding tert-OH is 1. The second-order valence-electron chi connectivity index (χ2n) is 3.45. The summed E-state index contributed by atoms with van der Waals surface area (Å²) in [6.45, 7) is 6.57. The zero-order valence-corrected chi connectivity index (χ0v) is 7.15. The minimum atomic E-state index is -4.53. The van der Waals surface area contributed by atoms with Crippen LogP contribution in [0.4, 0.5) is 13.2 Å². The third kappa shape index (κ3) is 3.76. The molecular formula is C8H13F3O. The molecule has 0 spiro atoms. The van der Waals surface area contributed by atoms with Crippen LogP contribution in [0.5, 0.6) is 0 Å². The molecule has 0 rings (SSSR count). The molecule has 0 aromatic heterocycles. The minimum absolute atomic E-state index is 0.347. The van der Waals surface area contributed by atoms with Crippen LogP contribution in [-0.4, -0.2) is 17.4 Å². The molecule has 12 heavy (non-hydrogen) atoms. The first kappa shape index (κ1) is 11.5. The van der Waals surface area contributed by atoms with Crippen molar-refractivity contribution < 1.29 is 18.3 Å². The number of halogens is 3. The van der Waals surface area contributed by atoms with Crippen LogP contribution in [0.1, 0.15) is 20.3 Å². The fraction of sp³-hybridized carbons (Fsp3) is 0.750. The van der Waals surface area contributed by atoms with Gasteiger partial charge in [-0.3, -0.25) is 0 Å².